The van der Waals surface area contributed by atoms with Crippen LogP contribution >= 0.6 is 0 Å². The minimum absolute atomic E-state index is 0.251. The Morgan fingerprint density at radius 2 is 1.71 bits per heavy atom. The zero-order chi connectivity index (χ0) is 24.2. The predicted molar refractivity (Wildman–Crippen MR) is 142 cm³/mol. The largest absolute Gasteiger partial charge is 0.497 e. The van der Waals surface area contributed by atoms with Gasteiger partial charge in [-0.25, -0.2) is 4.98 Å². The molecule has 35 heavy (non-hydrogen) atoms. The van der Waals surface area contributed by atoms with E-state index in [2.05, 4.69) is 16.0 Å². The normalized spacial score (nSPS) is 11.1. The lowest BCUT2D eigenvalue weighted by molar-refractivity contribution is -0.111. The van der Waals surface area contributed by atoms with Crippen LogP contribution in [0.4, 0.5) is 11.4 Å². The van der Waals surface area contributed by atoms with E-state index in [0.29, 0.717) is 11.4 Å². The molecule has 6 heteroatoms. The molecule has 1 heterocycles. The summed E-state index contributed by atoms with van der Waals surface area (Å²) in [7, 11) is 1.65. The molecule has 1 aromatic heterocycles. The molecule has 0 fully saturated rings. The minimum Gasteiger partial charge on any atom is -0.497 e. The third-order valence-electron chi connectivity index (χ3n) is 5.68. The van der Waals surface area contributed by atoms with Crippen molar-refractivity contribution in [1.82, 2.24) is 9.55 Å². The molecule has 0 aliphatic carbocycles. The standard InChI is InChI=1S/C29H24N4O2/c1-35-23-16-14-22(15-17-23)33-27-12-5-4-11-26(27)32-29(33)21-8-6-7-20(19-21)13-18-28(34)31-25-10-3-2-9-24(25)30/h2-19H,30H2,1H3,(H,31,34)/b18-13+. The van der Waals surface area contributed by atoms with Crippen molar-refractivity contribution in [2.75, 3.05) is 18.2 Å². The number of rotatable bonds is 6. The van der Waals surface area contributed by atoms with Crippen LogP contribution in [0.2, 0.25) is 0 Å². The molecule has 0 spiro atoms. The molecular weight excluding hydrogens is 436 g/mol. The first-order valence-electron chi connectivity index (χ1n) is 11.2. The van der Waals surface area contributed by atoms with Gasteiger partial charge in [-0.3, -0.25) is 9.36 Å². The molecule has 0 radical (unpaired) electrons. The Hall–Kier alpha value is -4.84. The number of ether oxygens (including phenoxy) is 1. The third-order valence-corrected chi connectivity index (χ3v) is 5.68. The molecule has 172 valence electrons. The predicted octanol–water partition coefficient (Wildman–Crippen LogP) is 5.94. The average molecular weight is 461 g/mol. The molecule has 0 saturated carbocycles. The lowest BCUT2D eigenvalue weighted by Crippen LogP contribution is -2.09. The molecule has 5 rings (SSSR count). The smallest absolute Gasteiger partial charge is 0.248 e. The van der Waals surface area contributed by atoms with E-state index < -0.39 is 0 Å². The van der Waals surface area contributed by atoms with Gasteiger partial charge in [0.05, 0.1) is 29.5 Å². The number of fused-ring (bicyclic) bond motifs is 1. The summed E-state index contributed by atoms with van der Waals surface area (Å²) >= 11 is 0. The van der Waals surface area contributed by atoms with Crippen LogP contribution in [0.1, 0.15) is 5.56 Å². The summed E-state index contributed by atoms with van der Waals surface area (Å²) in [5.41, 5.74) is 11.7. The van der Waals surface area contributed by atoms with Gasteiger partial charge in [0.25, 0.3) is 0 Å². The highest BCUT2D eigenvalue weighted by Crippen LogP contribution is 2.30. The summed E-state index contributed by atoms with van der Waals surface area (Å²) in [6, 6.07) is 31.1. The van der Waals surface area contributed by atoms with Crippen molar-refractivity contribution >= 4 is 34.4 Å². The van der Waals surface area contributed by atoms with Gasteiger partial charge in [0.15, 0.2) is 0 Å². The summed E-state index contributed by atoms with van der Waals surface area (Å²) in [5.74, 6) is 1.36. The molecule has 4 aromatic carbocycles. The van der Waals surface area contributed by atoms with Gasteiger partial charge >= 0.3 is 0 Å². The lowest BCUT2D eigenvalue weighted by atomic mass is 10.1. The topological polar surface area (TPSA) is 82.2 Å². The van der Waals surface area contributed by atoms with E-state index in [9.17, 15) is 4.79 Å². The van der Waals surface area contributed by atoms with Crippen molar-refractivity contribution in [3.63, 3.8) is 0 Å². The summed E-state index contributed by atoms with van der Waals surface area (Å²) < 4.78 is 7.45. The van der Waals surface area contributed by atoms with Crippen LogP contribution < -0.4 is 15.8 Å². The first-order valence-corrected chi connectivity index (χ1v) is 11.2. The Kier molecular flexibility index (Phi) is 6.01. The average Bonchev–Trinajstić information content (AvgIpc) is 3.29. The third kappa shape index (κ3) is 4.63. The van der Waals surface area contributed by atoms with Gasteiger partial charge in [-0.2, -0.15) is 0 Å². The number of amides is 1. The van der Waals surface area contributed by atoms with Crippen molar-refractivity contribution in [1.29, 1.82) is 0 Å². The van der Waals surface area contributed by atoms with Gasteiger partial charge < -0.3 is 15.8 Å². The van der Waals surface area contributed by atoms with Crippen LogP contribution in [0.15, 0.2) is 103 Å². The van der Waals surface area contributed by atoms with Crippen LogP contribution in [-0.4, -0.2) is 22.6 Å². The van der Waals surface area contributed by atoms with E-state index in [0.717, 1.165) is 39.4 Å². The van der Waals surface area contributed by atoms with Crippen molar-refractivity contribution < 1.29 is 9.53 Å². The summed E-state index contributed by atoms with van der Waals surface area (Å²) in [6.45, 7) is 0. The van der Waals surface area contributed by atoms with Crippen molar-refractivity contribution in [3.8, 4) is 22.8 Å². The van der Waals surface area contributed by atoms with E-state index in [-0.39, 0.29) is 5.91 Å². The molecule has 5 aromatic rings. The number of carbonyl (C=O) groups is 1. The Balaban J connectivity index is 1.48. The molecule has 0 atom stereocenters. The maximum absolute atomic E-state index is 12.4. The number of hydrogen-bond donors (Lipinski definition) is 2. The van der Waals surface area contributed by atoms with Crippen LogP contribution in [-0.2, 0) is 4.79 Å². The molecule has 0 saturated heterocycles. The SMILES string of the molecule is COc1ccc(-n2c(-c3cccc(/C=C/C(=O)Nc4ccccc4N)c3)nc3ccccc32)cc1. The van der Waals surface area contributed by atoms with E-state index in [1.54, 1.807) is 25.3 Å². The molecule has 0 bridgehead atoms. The molecule has 1 amide bonds. The van der Waals surface area contributed by atoms with Crippen molar-refractivity contribution in [3.05, 3.63) is 109 Å². The number of nitrogens with zero attached hydrogens (tertiary/aromatic N) is 2. The van der Waals surface area contributed by atoms with Gasteiger partial charge in [0.2, 0.25) is 5.91 Å². The number of hydrogen-bond acceptors (Lipinski definition) is 4. The Labute approximate surface area is 203 Å². The van der Waals surface area contributed by atoms with Crippen LogP contribution in [0.3, 0.4) is 0 Å². The highest BCUT2D eigenvalue weighted by molar-refractivity contribution is 6.03. The fraction of sp³-hybridized carbons (Fsp3) is 0.0345. The maximum atomic E-state index is 12.4. The molecule has 6 nitrogen and oxygen atoms in total. The number of imidazole rings is 1. The Morgan fingerprint density at radius 1 is 0.943 bits per heavy atom. The summed E-state index contributed by atoms with van der Waals surface area (Å²) in [4.78, 5) is 17.3. The summed E-state index contributed by atoms with van der Waals surface area (Å²) in [5, 5.41) is 2.81. The zero-order valence-corrected chi connectivity index (χ0v) is 19.2. The van der Waals surface area contributed by atoms with E-state index in [1.807, 2.05) is 78.9 Å². The van der Waals surface area contributed by atoms with Gasteiger partial charge in [0, 0.05) is 17.3 Å². The quantitative estimate of drug-likeness (QED) is 0.243. The van der Waals surface area contributed by atoms with Crippen molar-refractivity contribution in [2.24, 2.45) is 0 Å². The second-order valence-corrected chi connectivity index (χ2v) is 7.99. The first-order chi connectivity index (χ1) is 17.1. The fourth-order valence-electron chi connectivity index (χ4n) is 3.95. The Bertz CT molecular complexity index is 1530. The van der Waals surface area contributed by atoms with Gasteiger partial charge in [-0.05, 0) is 66.2 Å². The minimum atomic E-state index is -0.251. The number of anilines is 2. The second-order valence-electron chi connectivity index (χ2n) is 7.99. The van der Waals surface area contributed by atoms with Crippen LogP contribution in [0.25, 0.3) is 34.2 Å². The number of aromatic nitrogens is 2. The number of nitrogens with one attached hydrogen (secondary N) is 1. The number of benzene rings is 4. The highest BCUT2D eigenvalue weighted by Gasteiger charge is 2.14. The maximum Gasteiger partial charge on any atom is 0.248 e. The van der Waals surface area contributed by atoms with E-state index in [1.165, 1.54) is 6.08 Å². The lowest BCUT2D eigenvalue weighted by Gasteiger charge is -2.11. The van der Waals surface area contributed by atoms with Crippen LogP contribution in [0, 0.1) is 0 Å². The Morgan fingerprint density at radius 3 is 2.51 bits per heavy atom. The van der Waals surface area contributed by atoms with Gasteiger partial charge in [-0.15, -0.1) is 0 Å². The molecule has 3 N–H and O–H groups in total. The van der Waals surface area contributed by atoms with E-state index in [4.69, 9.17) is 15.5 Å². The number of methoxy groups -OCH3 is 1. The van der Waals surface area contributed by atoms with Crippen molar-refractivity contribution in [2.45, 2.75) is 0 Å². The van der Waals surface area contributed by atoms with Gasteiger partial charge in [0.1, 0.15) is 11.6 Å². The monoisotopic (exact) mass is 460 g/mol. The first kappa shape index (κ1) is 22.0. The van der Waals surface area contributed by atoms with Gasteiger partial charge in [-0.1, -0.05) is 42.5 Å². The summed E-state index contributed by atoms with van der Waals surface area (Å²) in [6.07, 6.45) is 3.27. The molecular formula is C29H24N4O2. The molecule has 0 aliphatic heterocycles. The fourth-order valence-corrected chi connectivity index (χ4v) is 3.95. The second kappa shape index (κ2) is 9.57. The zero-order valence-electron chi connectivity index (χ0n) is 19.2. The number of carbonyl (C=O) groups excluding carboxylic acids is 1. The van der Waals surface area contributed by atoms with E-state index >= 15 is 0 Å². The molecule has 0 unspecified atom stereocenters. The number of nitrogen functional groups attached to an aromatic ring is 1. The molecule has 0 aliphatic rings. The highest BCUT2D eigenvalue weighted by atomic mass is 16.5. The van der Waals surface area contributed by atoms with Crippen LogP contribution in [0.5, 0.6) is 5.75 Å². The number of para-hydroxylation sites is 4. The number of nitrogens with two attached hydrogens (primary N) is 1.